The van der Waals surface area contributed by atoms with Gasteiger partial charge in [0.2, 0.25) is 4.77 Å². The van der Waals surface area contributed by atoms with Crippen LogP contribution in [0.5, 0.6) is 11.5 Å². The number of benzene rings is 1. The van der Waals surface area contributed by atoms with Crippen molar-refractivity contribution in [2.75, 3.05) is 7.11 Å². The van der Waals surface area contributed by atoms with E-state index in [0.717, 1.165) is 5.56 Å². The Bertz CT molecular complexity index is 602. The van der Waals surface area contributed by atoms with Gasteiger partial charge < -0.3 is 9.84 Å². The van der Waals surface area contributed by atoms with Gasteiger partial charge in [0, 0.05) is 0 Å². The molecule has 88 valence electrons. The first-order valence-corrected chi connectivity index (χ1v) is 5.15. The molecule has 1 aromatic heterocycles. The molecule has 2 aromatic rings. The molecule has 0 fully saturated rings. The highest BCUT2D eigenvalue weighted by Crippen LogP contribution is 2.25. The lowest BCUT2D eigenvalue weighted by Crippen LogP contribution is -1.90. The molecule has 1 aromatic carbocycles. The SMILES string of the molecule is COc1ccc(/C=N\n2cn[nH]c2=S)cc1O. The van der Waals surface area contributed by atoms with E-state index in [0.29, 0.717) is 10.5 Å². The number of phenols is 1. The fourth-order valence-electron chi connectivity index (χ4n) is 1.24. The maximum atomic E-state index is 9.57. The van der Waals surface area contributed by atoms with Crippen molar-refractivity contribution in [1.29, 1.82) is 0 Å². The van der Waals surface area contributed by atoms with Gasteiger partial charge in [0.15, 0.2) is 11.5 Å². The molecule has 0 saturated heterocycles. The molecule has 17 heavy (non-hydrogen) atoms. The van der Waals surface area contributed by atoms with Gasteiger partial charge in [-0.05, 0) is 36.0 Å². The number of aromatic nitrogens is 3. The minimum atomic E-state index is 0.0623. The van der Waals surface area contributed by atoms with Gasteiger partial charge in [0.1, 0.15) is 6.33 Å². The maximum Gasteiger partial charge on any atom is 0.216 e. The molecule has 0 aliphatic carbocycles. The highest BCUT2D eigenvalue weighted by atomic mass is 32.1. The van der Waals surface area contributed by atoms with Crippen LogP contribution in [0.15, 0.2) is 29.6 Å². The normalized spacial score (nSPS) is 10.9. The van der Waals surface area contributed by atoms with Crippen molar-refractivity contribution in [3.05, 3.63) is 34.9 Å². The summed E-state index contributed by atoms with van der Waals surface area (Å²) >= 11 is 4.93. The highest BCUT2D eigenvalue weighted by molar-refractivity contribution is 7.71. The summed E-state index contributed by atoms with van der Waals surface area (Å²) in [6.07, 6.45) is 3.02. The maximum absolute atomic E-state index is 9.57. The number of hydrogen-bond acceptors (Lipinski definition) is 5. The second-order valence-electron chi connectivity index (χ2n) is 3.18. The summed E-state index contributed by atoms with van der Waals surface area (Å²) in [5.41, 5.74) is 0.728. The van der Waals surface area contributed by atoms with Crippen LogP contribution in [0.1, 0.15) is 5.56 Å². The Kier molecular flexibility index (Phi) is 3.20. The third kappa shape index (κ3) is 2.51. The van der Waals surface area contributed by atoms with E-state index in [1.54, 1.807) is 24.4 Å². The van der Waals surface area contributed by atoms with Crippen molar-refractivity contribution in [2.45, 2.75) is 0 Å². The number of H-pyrrole nitrogens is 1. The Morgan fingerprint density at radius 2 is 2.41 bits per heavy atom. The molecule has 0 bridgehead atoms. The van der Waals surface area contributed by atoms with E-state index in [-0.39, 0.29) is 5.75 Å². The zero-order chi connectivity index (χ0) is 12.3. The second kappa shape index (κ2) is 4.79. The number of nitrogens with zero attached hydrogens (tertiary/aromatic N) is 3. The molecule has 7 heteroatoms. The van der Waals surface area contributed by atoms with Crippen LogP contribution in [0.25, 0.3) is 0 Å². The van der Waals surface area contributed by atoms with Crippen molar-refractivity contribution in [3.63, 3.8) is 0 Å². The van der Waals surface area contributed by atoms with Crippen molar-refractivity contribution in [1.82, 2.24) is 14.9 Å². The predicted octanol–water partition coefficient (Wildman–Crippen LogP) is 1.54. The Labute approximate surface area is 102 Å². The molecule has 0 spiro atoms. The van der Waals surface area contributed by atoms with Gasteiger partial charge in [-0.15, -0.1) is 0 Å². The van der Waals surface area contributed by atoms with E-state index in [1.807, 2.05) is 0 Å². The van der Waals surface area contributed by atoms with Gasteiger partial charge >= 0.3 is 0 Å². The number of methoxy groups -OCH3 is 1. The monoisotopic (exact) mass is 250 g/mol. The zero-order valence-corrected chi connectivity index (χ0v) is 9.81. The summed E-state index contributed by atoms with van der Waals surface area (Å²) in [6.45, 7) is 0. The predicted molar refractivity (Wildman–Crippen MR) is 65.1 cm³/mol. The van der Waals surface area contributed by atoms with Crippen LogP contribution < -0.4 is 4.74 Å². The number of rotatable bonds is 3. The number of nitrogens with one attached hydrogen (secondary N) is 1. The first kappa shape index (κ1) is 11.3. The van der Waals surface area contributed by atoms with Crippen LogP contribution in [0.3, 0.4) is 0 Å². The van der Waals surface area contributed by atoms with E-state index < -0.39 is 0 Å². The minimum absolute atomic E-state index is 0.0623. The fourth-order valence-corrected chi connectivity index (χ4v) is 1.39. The lowest BCUT2D eigenvalue weighted by molar-refractivity contribution is 0.373. The first-order chi connectivity index (χ1) is 8.20. The van der Waals surface area contributed by atoms with Crippen molar-refractivity contribution in [2.24, 2.45) is 5.10 Å². The molecule has 0 unspecified atom stereocenters. The molecule has 6 nitrogen and oxygen atoms in total. The number of phenolic OH excluding ortho intramolecular Hbond substituents is 1. The average molecular weight is 250 g/mol. The van der Waals surface area contributed by atoms with E-state index in [4.69, 9.17) is 17.0 Å². The summed E-state index contributed by atoms with van der Waals surface area (Å²) in [6, 6.07) is 4.98. The van der Waals surface area contributed by atoms with Crippen LogP contribution in [-0.4, -0.2) is 33.3 Å². The lowest BCUT2D eigenvalue weighted by Gasteiger charge is -2.02. The van der Waals surface area contributed by atoms with E-state index in [1.165, 1.54) is 18.1 Å². The zero-order valence-electron chi connectivity index (χ0n) is 8.99. The third-order valence-electron chi connectivity index (χ3n) is 2.07. The molecule has 2 rings (SSSR count). The van der Waals surface area contributed by atoms with Gasteiger partial charge in [0.05, 0.1) is 13.3 Å². The summed E-state index contributed by atoms with van der Waals surface area (Å²) < 4.78 is 6.75. The van der Waals surface area contributed by atoms with Crippen LogP contribution in [-0.2, 0) is 0 Å². The molecule has 1 heterocycles. The summed E-state index contributed by atoms with van der Waals surface area (Å²) in [5, 5.41) is 20.0. The molecule has 2 N–H and O–H groups in total. The quantitative estimate of drug-likeness (QED) is 0.640. The van der Waals surface area contributed by atoms with E-state index >= 15 is 0 Å². The van der Waals surface area contributed by atoms with Gasteiger partial charge in [-0.25, -0.2) is 0 Å². The van der Waals surface area contributed by atoms with Crippen molar-refractivity contribution < 1.29 is 9.84 Å². The summed E-state index contributed by atoms with van der Waals surface area (Å²) in [5.74, 6) is 0.481. The van der Waals surface area contributed by atoms with Crippen molar-refractivity contribution in [3.8, 4) is 11.5 Å². The van der Waals surface area contributed by atoms with Gasteiger partial charge in [-0.3, -0.25) is 5.10 Å². The molecule has 0 saturated carbocycles. The lowest BCUT2D eigenvalue weighted by atomic mass is 10.2. The van der Waals surface area contributed by atoms with Crippen LogP contribution >= 0.6 is 12.2 Å². The molecule has 0 radical (unpaired) electrons. The van der Waals surface area contributed by atoms with E-state index in [2.05, 4.69) is 15.3 Å². The summed E-state index contributed by atoms with van der Waals surface area (Å²) in [7, 11) is 1.49. The second-order valence-corrected chi connectivity index (χ2v) is 3.57. The average Bonchev–Trinajstić information content (AvgIpc) is 2.72. The third-order valence-corrected chi connectivity index (χ3v) is 2.35. The molecular weight excluding hydrogens is 240 g/mol. The van der Waals surface area contributed by atoms with Crippen LogP contribution in [0, 0.1) is 4.77 Å². The number of ether oxygens (including phenoxy) is 1. The molecule has 0 aliphatic rings. The minimum Gasteiger partial charge on any atom is -0.504 e. The highest BCUT2D eigenvalue weighted by Gasteiger charge is 2.00. The molecule has 0 aliphatic heterocycles. The Morgan fingerprint density at radius 1 is 1.59 bits per heavy atom. The fraction of sp³-hybridized carbons (Fsp3) is 0.100. The first-order valence-electron chi connectivity index (χ1n) is 4.74. The molecular formula is C10H10N4O2S. The van der Waals surface area contributed by atoms with Crippen LogP contribution in [0.4, 0.5) is 0 Å². The van der Waals surface area contributed by atoms with Crippen molar-refractivity contribution >= 4 is 18.4 Å². The molecule has 0 atom stereocenters. The topological polar surface area (TPSA) is 75.4 Å². The van der Waals surface area contributed by atoms with E-state index in [9.17, 15) is 5.11 Å². The largest absolute Gasteiger partial charge is 0.504 e. The number of aromatic amines is 1. The van der Waals surface area contributed by atoms with Gasteiger partial charge in [-0.2, -0.15) is 14.9 Å². The van der Waals surface area contributed by atoms with Gasteiger partial charge in [-0.1, -0.05) is 0 Å². The summed E-state index contributed by atoms with van der Waals surface area (Å²) in [4.78, 5) is 0. The van der Waals surface area contributed by atoms with Gasteiger partial charge in [0.25, 0.3) is 0 Å². The number of aromatic hydroxyl groups is 1. The molecule has 0 amide bonds. The number of hydrogen-bond donors (Lipinski definition) is 2. The Morgan fingerprint density at radius 3 is 3.00 bits per heavy atom. The smallest absolute Gasteiger partial charge is 0.216 e. The van der Waals surface area contributed by atoms with Crippen LogP contribution in [0.2, 0.25) is 0 Å². The standard InChI is InChI=1S/C10H10N4O2S/c1-16-9-3-2-7(4-8(9)15)5-12-14-6-11-13-10(14)17/h2-6,15H,1H3,(H,13,17)/b12-5-. The Hall–Kier alpha value is -2.15. The Balaban J connectivity index is 2.25.